The van der Waals surface area contributed by atoms with Gasteiger partial charge in [0.05, 0.1) is 0 Å². The van der Waals surface area contributed by atoms with Crippen molar-refractivity contribution >= 4 is 11.7 Å². The van der Waals surface area contributed by atoms with Crippen LogP contribution >= 0.6 is 0 Å². The van der Waals surface area contributed by atoms with Gasteiger partial charge in [-0.15, -0.1) is 0 Å². The van der Waals surface area contributed by atoms with Crippen molar-refractivity contribution in [1.29, 1.82) is 0 Å². The molecule has 2 fully saturated rings. The van der Waals surface area contributed by atoms with E-state index in [4.69, 9.17) is 0 Å². The third-order valence-electron chi connectivity index (χ3n) is 5.25. The lowest BCUT2D eigenvalue weighted by atomic mass is 9.94. The van der Waals surface area contributed by atoms with E-state index in [-0.39, 0.29) is 11.8 Å². The molecule has 2 aliphatic rings. The van der Waals surface area contributed by atoms with Crippen LogP contribution in [0.4, 0.5) is 5.82 Å². The lowest BCUT2D eigenvalue weighted by Gasteiger charge is -2.22. The number of amides is 1. The molecule has 0 spiro atoms. The Kier molecular flexibility index (Phi) is 3.82. The van der Waals surface area contributed by atoms with E-state index >= 15 is 0 Å². The zero-order chi connectivity index (χ0) is 16.5. The van der Waals surface area contributed by atoms with E-state index in [1.54, 1.807) is 6.20 Å². The van der Waals surface area contributed by atoms with Crippen molar-refractivity contribution in [2.24, 2.45) is 11.8 Å². The highest BCUT2D eigenvalue weighted by atomic mass is 16.2. The number of aromatic nitrogens is 1. The molecule has 1 aromatic carbocycles. The normalized spacial score (nSPS) is 25.3. The average Bonchev–Trinajstić information content (AvgIpc) is 3.18. The summed E-state index contributed by atoms with van der Waals surface area (Å²) in [6.07, 6.45) is 5.24. The summed E-state index contributed by atoms with van der Waals surface area (Å²) >= 11 is 0. The maximum Gasteiger partial charge on any atom is 0.231 e. The molecular weight excluding hydrogens is 296 g/mol. The highest BCUT2D eigenvalue weighted by Crippen LogP contribution is 2.43. The number of rotatable bonds is 1. The summed E-state index contributed by atoms with van der Waals surface area (Å²) in [5.74, 6) is 7.87. The van der Waals surface area contributed by atoms with Crippen LogP contribution in [0.1, 0.15) is 37.3 Å². The molecule has 1 saturated heterocycles. The number of nitrogens with zero attached hydrogens (tertiary/aromatic N) is 2. The van der Waals surface area contributed by atoms with Gasteiger partial charge in [0.2, 0.25) is 5.91 Å². The van der Waals surface area contributed by atoms with Crippen molar-refractivity contribution in [1.82, 2.24) is 4.98 Å². The number of pyridine rings is 1. The predicted octanol–water partition coefficient (Wildman–Crippen LogP) is 3.63. The summed E-state index contributed by atoms with van der Waals surface area (Å²) in [5, 5.41) is 0. The molecule has 24 heavy (non-hydrogen) atoms. The second-order valence-corrected chi connectivity index (χ2v) is 6.68. The average molecular weight is 316 g/mol. The molecular formula is C21H20N2O. The lowest BCUT2D eigenvalue weighted by molar-refractivity contribution is -0.120. The van der Waals surface area contributed by atoms with E-state index in [1.807, 2.05) is 47.4 Å². The van der Waals surface area contributed by atoms with Crippen LogP contribution in [0, 0.1) is 23.7 Å². The van der Waals surface area contributed by atoms with Crippen LogP contribution in [0.3, 0.4) is 0 Å². The van der Waals surface area contributed by atoms with E-state index in [0.717, 1.165) is 29.8 Å². The summed E-state index contributed by atoms with van der Waals surface area (Å²) in [7, 11) is 0. The maximum absolute atomic E-state index is 12.6. The van der Waals surface area contributed by atoms with Crippen molar-refractivity contribution < 1.29 is 4.79 Å². The molecule has 1 aliphatic heterocycles. The molecule has 4 rings (SSSR count). The van der Waals surface area contributed by atoms with Crippen LogP contribution in [0.5, 0.6) is 0 Å². The van der Waals surface area contributed by atoms with Gasteiger partial charge in [-0.3, -0.25) is 9.69 Å². The Labute approximate surface area is 142 Å². The van der Waals surface area contributed by atoms with Gasteiger partial charge >= 0.3 is 0 Å². The summed E-state index contributed by atoms with van der Waals surface area (Å²) in [4.78, 5) is 19.0. The molecule has 3 nitrogen and oxygen atoms in total. The molecule has 2 heterocycles. The fourth-order valence-corrected chi connectivity index (χ4v) is 3.99. The monoisotopic (exact) mass is 316 g/mol. The topological polar surface area (TPSA) is 33.2 Å². The lowest BCUT2D eigenvalue weighted by Crippen LogP contribution is -2.34. The SMILES string of the molecule is C[C@@H]1C(=O)N(c2ccc(C#Cc3ccccc3)cn2)[C@@H]2CCC[C@H]12. The third kappa shape index (κ3) is 2.59. The predicted molar refractivity (Wildman–Crippen MR) is 94.4 cm³/mol. The van der Waals surface area contributed by atoms with Crippen LogP contribution < -0.4 is 4.90 Å². The first-order valence-electron chi connectivity index (χ1n) is 8.60. The van der Waals surface area contributed by atoms with E-state index < -0.39 is 0 Å². The van der Waals surface area contributed by atoms with Crippen molar-refractivity contribution in [2.75, 3.05) is 4.90 Å². The molecule has 120 valence electrons. The Morgan fingerprint density at radius 3 is 2.58 bits per heavy atom. The summed E-state index contributed by atoms with van der Waals surface area (Å²) < 4.78 is 0. The Hall–Kier alpha value is -2.60. The highest BCUT2D eigenvalue weighted by Gasteiger charge is 2.48. The molecule has 1 aromatic heterocycles. The van der Waals surface area contributed by atoms with E-state index in [0.29, 0.717) is 12.0 Å². The number of anilines is 1. The Morgan fingerprint density at radius 2 is 1.83 bits per heavy atom. The molecule has 0 unspecified atom stereocenters. The van der Waals surface area contributed by atoms with Gasteiger partial charge in [0.25, 0.3) is 0 Å². The number of benzene rings is 1. The first-order chi connectivity index (χ1) is 11.7. The molecule has 0 N–H and O–H groups in total. The van der Waals surface area contributed by atoms with Gasteiger partial charge in [0.1, 0.15) is 5.82 Å². The summed E-state index contributed by atoms with van der Waals surface area (Å²) in [5.41, 5.74) is 1.85. The molecule has 0 bridgehead atoms. The smallest absolute Gasteiger partial charge is 0.231 e. The second-order valence-electron chi connectivity index (χ2n) is 6.68. The molecule has 1 amide bonds. The Morgan fingerprint density at radius 1 is 1.04 bits per heavy atom. The number of hydrogen-bond donors (Lipinski definition) is 0. The minimum absolute atomic E-state index is 0.122. The van der Waals surface area contributed by atoms with Crippen molar-refractivity contribution in [3.63, 3.8) is 0 Å². The molecule has 3 atom stereocenters. The van der Waals surface area contributed by atoms with Gasteiger partial charge in [0.15, 0.2) is 0 Å². The first kappa shape index (κ1) is 15.0. The third-order valence-corrected chi connectivity index (χ3v) is 5.25. The largest absolute Gasteiger partial charge is 0.293 e. The van der Waals surface area contributed by atoms with Crippen molar-refractivity contribution in [3.8, 4) is 11.8 Å². The zero-order valence-corrected chi connectivity index (χ0v) is 13.8. The number of carbonyl (C=O) groups excluding carboxylic acids is 1. The number of fused-ring (bicyclic) bond motifs is 1. The molecule has 3 heteroatoms. The van der Waals surface area contributed by atoms with E-state index in [9.17, 15) is 4.79 Å². The van der Waals surface area contributed by atoms with Crippen LogP contribution in [0.2, 0.25) is 0 Å². The number of hydrogen-bond acceptors (Lipinski definition) is 2. The maximum atomic E-state index is 12.6. The fourth-order valence-electron chi connectivity index (χ4n) is 3.99. The Balaban J connectivity index is 1.56. The van der Waals surface area contributed by atoms with Gasteiger partial charge in [0, 0.05) is 29.3 Å². The van der Waals surface area contributed by atoms with Crippen LogP contribution in [0.15, 0.2) is 48.7 Å². The molecule has 1 saturated carbocycles. The molecule has 0 radical (unpaired) electrons. The van der Waals surface area contributed by atoms with Crippen LogP contribution in [0.25, 0.3) is 0 Å². The minimum atomic E-state index is 0.122. The quantitative estimate of drug-likeness (QED) is 0.753. The number of carbonyl (C=O) groups is 1. The van der Waals surface area contributed by atoms with Gasteiger partial charge in [-0.1, -0.05) is 43.4 Å². The van der Waals surface area contributed by atoms with E-state index in [2.05, 4.69) is 23.7 Å². The molecule has 1 aliphatic carbocycles. The van der Waals surface area contributed by atoms with Crippen LogP contribution in [-0.2, 0) is 4.79 Å². The van der Waals surface area contributed by atoms with Gasteiger partial charge < -0.3 is 0 Å². The Bertz CT molecular complexity index is 801. The zero-order valence-electron chi connectivity index (χ0n) is 13.8. The second kappa shape index (κ2) is 6.13. The molecule has 2 aromatic rings. The standard InChI is InChI=1S/C21H20N2O/c1-15-18-8-5-9-19(18)23(21(15)24)20-13-12-17(14-22-20)11-10-16-6-3-2-4-7-16/h2-4,6-7,12-15,18-19H,5,8-9H2,1H3/t15-,18+,19+/m0/s1. The van der Waals surface area contributed by atoms with Crippen molar-refractivity contribution in [2.45, 2.75) is 32.2 Å². The van der Waals surface area contributed by atoms with E-state index in [1.165, 1.54) is 6.42 Å². The minimum Gasteiger partial charge on any atom is -0.293 e. The van der Waals surface area contributed by atoms with Crippen molar-refractivity contribution in [3.05, 3.63) is 59.8 Å². The van der Waals surface area contributed by atoms with Gasteiger partial charge in [-0.2, -0.15) is 0 Å². The fraction of sp³-hybridized carbons (Fsp3) is 0.333. The van der Waals surface area contributed by atoms with Gasteiger partial charge in [-0.25, -0.2) is 4.98 Å². The summed E-state index contributed by atoms with van der Waals surface area (Å²) in [6, 6.07) is 14.1. The summed E-state index contributed by atoms with van der Waals surface area (Å²) in [6.45, 7) is 2.06. The first-order valence-corrected chi connectivity index (χ1v) is 8.60. The highest BCUT2D eigenvalue weighted by molar-refractivity contribution is 5.97. The van der Waals surface area contributed by atoms with Gasteiger partial charge in [-0.05, 0) is 43.0 Å². The van der Waals surface area contributed by atoms with Crippen LogP contribution in [-0.4, -0.2) is 16.9 Å².